The summed E-state index contributed by atoms with van der Waals surface area (Å²) in [5, 5.41) is 7.76. The van der Waals surface area contributed by atoms with E-state index >= 15 is 0 Å². The van der Waals surface area contributed by atoms with Crippen molar-refractivity contribution in [1.29, 1.82) is 0 Å². The van der Waals surface area contributed by atoms with Gasteiger partial charge in [-0.2, -0.15) is 5.11 Å². The molecule has 0 aromatic carbocycles. The molecule has 0 saturated carbocycles. The second-order valence-corrected chi connectivity index (χ2v) is 2.12. The summed E-state index contributed by atoms with van der Waals surface area (Å²) in [6.45, 7) is 7.02. The SMILES string of the molecule is C=C\N=N/C(S)=C(C)\N=C\C. The van der Waals surface area contributed by atoms with E-state index in [1.165, 1.54) is 6.20 Å². The third kappa shape index (κ3) is 4.50. The Hall–Kier alpha value is -0.900. The second kappa shape index (κ2) is 5.85. The summed E-state index contributed by atoms with van der Waals surface area (Å²) in [6.07, 6.45) is 3.02. The second-order valence-electron chi connectivity index (χ2n) is 1.69. The van der Waals surface area contributed by atoms with Crippen LogP contribution in [0.15, 0.2) is 38.7 Å². The highest BCUT2D eigenvalue weighted by atomic mass is 32.1. The predicted octanol–water partition coefficient (Wildman–Crippen LogP) is 2.79. The standard InChI is InChI=1S/C7H11N3S/c1-4-8-6(3)7(11)10-9-5-2/h4-5,11H,2H2,1,3H3/b7-6+,8-4+,10-9-. The van der Waals surface area contributed by atoms with Gasteiger partial charge in [-0.3, -0.25) is 4.99 Å². The molecule has 0 unspecified atom stereocenters. The number of allylic oxidation sites excluding steroid dienone is 1. The Morgan fingerprint density at radius 1 is 1.55 bits per heavy atom. The number of hydrogen-bond donors (Lipinski definition) is 1. The van der Waals surface area contributed by atoms with Crippen molar-refractivity contribution < 1.29 is 0 Å². The van der Waals surface area contributed by atoms with E-state index < -0.39 is 0 Å². The molecule has 0 rings (SSSR count). The van der Waals surface area contributed by atoms with Crippen LogP contribution in [0.25, 0.3) is 0 Å². The van der Waals surface area contributed by atoms with Gasteiger partial charge in [0.2, 0.25) is 0 Å². The van der Waals surface area contributed by atoms with Crippen molar-refractivity contribution in [3.05, 3.63) is 23.5 Å². The summed E-state index contributed by atoms with van der Waals surface area (Å²) in [4.78, 5) is 3.97. The van der Waals surface area contributed by atoms with Gasteiger partial charge < -0.3 is 0 Å². The highest BCUT2D eigenvalue weighted by Crippen LogP contribution is 2.10. The van der Waals surface area contributed by atoms with Crippen LogP contribution in [-0.2, 0) is 0 Å². The minimum atomic E-state index is 0.503. The highest BCUT2D eigenvalue weighted by Gasteiger charge is 1.90. The molecule has 0 aromatic rings. The lowest BCUT2D eigenvalue weighted by Gasteiger charge is -1.91. The van der Waals surface area contributed by atoms with Crippen molar-refractivity contribution in [2.45, 2.75) is 13.8 Å². The Morgan fingerprint density at radius 3 is 2.64 bits per heavy atom. The molecule has 11 heavy (non-hydrogen) atoms. The molecule has 3 nitrogen and oxygen atoms in total. The van der Waals surface area contributed by atoms with Crippen LogP contribution < -0.4 is 0 Å². The number of rotatable bonds is 3. The quantitative estimate of drug-likeness (QED) is 0.383. The summed E-state index contributed by atoms with van der Waals surface area (Å²) in [7, 11) is 0. The van der Waals surface area contributed by atoms with Crippen molar-refractivity contribution in [2.24, 2.45) is 15.2 Å². The lowest BCUT2D eigenvalue weighted by atomic mass is 10.5. The van der Waals surface area contributed by atoms with E-state index in [0.717, 1.165) is 5.70 Å². The first-order chi connectivity index (χ1) is 5.22. The maximum atomic E-state index is 4.05. The van der Waals surface area contributed by atoms with Gasteiger partial charge in [-0.25, -0.2) is 0 Å². The van der Waals surface area contributed by atoms with Crippen LogP contribution in [0.4, 0.5) is 0 Å². The van der Waals surface area contributed by atoms with Gasteiger partial charge in [0.25, 0.3) is 0 Å². The van der Waals surface area contributed by atoms with Gasteiger partial charge >= 0.3 is 0 Å². The van der Waals surface area contributed by atoms with Crippen LogP contribution in [-0.4, -0.2) is 6.21 Å². The fourth-order valence-corrected chi connectivity index (χ4v) is 0.529. The van der Waals surface area contributed by atoms with E-state index in [-0.39, 0.29) is 0 Å². The van der Waals surface area contributed by atoms with Crippen LogP contribution in [0, 0.1) is 0 Å². The Labute approximate surface area is 72.0 Å². The average molecular weight is 169 g/mol. The normalized spacial score (nSPS) is 14.1. The summed E-state index contributed by atoms with van der Waals surface area (Å²) in [5.74, 6) is 0. The van der Waals surface area contributed by atoms with E-state index in [2.05, 4.69) is 34.4 Å². The van der Waals surface area contributed by atoms with Gasteiger partial charge in [-0.15, -0.1) is 17.7 Å². The molecule has 0 radical (unpaired) electrons. The summed E-state index contributed by atoms with van der Waals surface area (Å²) in [5.41, 5.74) is 0.737. The number of aliphatic imine (C=N–C) groups is 1. The summed E-state index contributed by atoms with van der Waals surface area (Å²) >= 11 is 4.05. The molecule has 0 aliphatic rings. The first-order valence-electron chi connectivity index (χ1n) is 3.12. The van der Waals surface area contributed by atoms with Gasteiger partial charge in [0.15, 0.2) is 0 Å². The largest absolute Gasteiger partial charge is 0.263 e. The molecular formula is C7H11N3S. The molecule has 0 heterocycles. The molecule has 0 aliphatic carbocycles. The van der Waals surface area contributed by atoms with Crippen molar-refractivity contribution in [2.75, 3.05) is 0 Å². The van der Waals surface area contributed by atoms with Crippen LogP contribution >= 0.6 is 12.6 Å². The summed E-state index contributed by atoms with van der Waals surface area (Å²) < 4.78 is 0. The maximum Gasteiger partial charge on any atom is 0.137 e. The van der Waals surface area contributed by atoms with Crippen LogP contribution in [0.1, 0.15) is 13.8 Å². The fraction of sp³-hybridized carbons (Fsp3) is 0.286. The molecule has 0 bridgehead atoms. The minimum absolute atomic E-state index is 0.503. The third-order valence-corrected chi connectivity index (χ3v) is 1.29. The molecule has 0 aromatic heterocycles. The van der Waals surface area contributed by atoms with Crippen molar-refractivity contribution in [1.82, 2.24) is 0 Å². The van der Waals surface area contributed by atoms with Crippen LogP contribution in [0.3, 0.4) is 0 Å². The fourth-order valence-electron chi connectivity index (χ4n) is 0.419. The Morgan fingerprint density at radius 2 is 2.18 bits per heavy atom. The molecule has 0 spiro atoms. The molecule has 0 N–H and O–H groups in total. The Bertz CT molecular complexity index is 216. The number of nitrogens with zero attached hydrogens (tertiary/aromatic N) is 3. The predicted molar refractivity (Wildman–Crippen MR) is 50.9 cm³/mol. The first-order valence-corrected chi connectivity index (χ1v) is 3.57. The zero-order chi connectivity index (χ0) is 8.69. The van der Waals surface area contributed by atoms with Crippen LogP contribution in [0.2, 0.25) is 0 Å². The zero-order valence-corrected chi connectivity index (χ0v) is 7.55. The van der Waals surface area contributed by atoms with Crippen LogP contribution in [0.5, 0.6) is 0 Å². The first kappa shape index (κ1) is 10.1. The molecule has 0 aliphatic heterocycles. The van der Waals surface area contributed by atoms with Gasteiger partial charge in [0.05, 0.1) is 5.70 Å². The third-order valence-electron chi connectivity index (χ3n) is 0.880. The van der Waals surface area contributed by atoms with Crippen molar-refractivity contribution in [3.63, 3.8) is 0 Å². The van der Waals surface area contributed by atoms with Gasteiger partial charge in [-0.05, 0) is 13.8 Å². The van der Waals surface area contributed by atoms with E-state index in [0.29, 0.717) is 5.03 Å². The van der Waals surface area contributed by atoms with Gasteiger partial charge in [0.1, 0.15) is 5.03 Å². The number of hydrogen-bond acceptors (Lipinski definition) is 4. The lowest BCUT2D eigenvalue weighted by molar-refractivity contribution is 1.15. The Balaban J connectivity index is 4.38. The van der Waals surface area contributed by atoms with E-state index in [1.807, 2.05) is 13.8 Å². The molecule has 0 saturated heterocycles. The van der Waals surface area contributed by atoms with E-state index in [1.54, 1.807) is 6.21 Å². The highest BCUT2D eigenvalue weighted by molar-refractivity contribution is 7.84. The van der Waals surface area contributed by atoms with Crippen molar-refractivity contribution >= 4 is 18.8 Å². The monoisotopic (exact) mass is 169 g/mol. The lowest BCUT2D eigenvalue weighted by Crippen LogP contribution is -1.73. The van der Waals surface area contributed by atoms with Gasteiger partial charge in [0, 0.05) is 12.4 Å². The minimum Gasteiger partial charge on any atom is -0.263 e. The van der Waals surface area contributed by atoms with E-state index in [9.17, 15) is 0 Å². The zero-order valence-electron chi connectivity index (χ0n) is 6.65. The topological polar surface area (TPSA) is 37.1 Å². The van der Waals surface area contributed by atoms with E-state index in [4.69, 9.17) is 0 Å². The molecule has 4 heteroatoms. The molecule has 0 atom stereocenters. The van der Waals surface area contributed by atoms with Gasteiger partial charge in [-0.1, -0.05) is 6.58 Å². The smallest absolute Gasteiger partial charge is 0.137 e. The molecule has 0 amide bonds. The molecule has 0 fully saturated rings. The molecule has 60 valence electrons. The molecular weight excluding hydrogens is 158 g/mol. The Kier molecular flexibility index (Phi) is 5.37. The number of azo groups is 1. The summed E-state index contributed by atoms with van der Waals surface area (Å²) in [6, 6.07) is 0. The maximum absolute atomic E-state index is 4.05. The average Bonchev–Trinajstić information content (AvgIpc) is 2.00. The number of thiol groups is 1. The van der Waals surface area contributed by atoms with Crippen molar-refractivity contribution in [3.8, 4) is 0 Å².